The molecule has 2 saturated carbocycles. The van der Waals surface area contributed by atoms with E-state index in [1.54, 1.807) is 6.08 Å². The Hall–Kier alpha value is -1.34. The van der Waals surface area contributed by atoms with Crippen LogP contribution in [0.5, 0.6) is 0 Å². The van der Waals surface area contributed by atoms with E-state index in [2.05, 4.69) is 43.5 Å². The molecule has 0 unspecified atom stereocenters. The van der Waals surface area contributed by atoms with Gasteiger partial charge in [-0.15, -0.1) is 13.2 Å². The molecule has 0 bridgehead atoms. The van der Waals surface area contributed by atoms with E-state index in [4.69, 9.17) is 4.74 Å². The highest BCUT2D eigenvalue weighted by Crippen LogP contribution is 2.42. The van der Waals surface area contributed by atoms with E-state index in [0.717, 1.165) is 23.7 Å². The number of hydrogen-bond donors (Lipinski definition) is 0. The lowest BCUT2D eigenvalue weighted by molar-refractivity contribution is 0.143. The van der Waals surface area contributed by atoms with E-state index in [1.165, 1.54) is 94.6 Å². The van der Waals surface area contributed by atoms with Gasteiger partial charge >= 0.3 is 0 Å². The van der Waals surface area contributed by atoms with Crippen molar-refractivity contribution in [3.05, 3.63) is 60.7 Å². The summed E-state index contributed by atoms with van der Waals surface area (Å²) in [6.45, 7) is 8.93. The minimum absolute atomic E-state index is 0.626. The van der Waals surface area contributed by atoms with Crippen LogP contribution in [0.1, 0.15) is 88.2 Å². The zero-order chi connectivity index (χ0) is 21.0. The number of ether oxygens (including phenoxy) is 1. The maximum Gasteiger partial charge on any atom is 0.0721 e. The molecule has 1 heteroatoms. The highest BCUT2D eigenvalue weighted by atomic mass is 16.5. The van der Waals surface area contributed by atoms with Crippen LogP contribution in [0.25, 0.3) is 0 Å². The Morgan fingerprint density at radius 2 is 1.33 bits per heavy atom. The molecule has 0 aromatic heterocycles. The third-order valence-corrected chi connectivity index (χ3v) is 7.80. The quantitative estimate of drug-likeness (QED) is 0.250. The van der Waals surface area contributed by atoms with Crippen molar-refractivity contribution < 1.29 is 4.74 Å². The first kappa shape index (κ1) is 23.3. The molecule has 1 aromatic rings. The van der Waals surface area contributed by atoms with Gasteiger partial charge < -0.3 is 4.74 Å². The second-order valence-electron chi connectivity index (χ2n) is 9.95. The summed E-state index contributed by atoms with van der Waals surface area (Å²) in [4.78, 5) is 0. The number of benzene rings is 1. The van der Waals surface area contributed by atoms with Gasteiger partial charge in [-0.2, -0.15) is 0 Å². The summed E-state index contributed by atoms with van der Waals surface area (Å²) in [6, 6.07) is 8.98. The maximum absolute atomic E-state index is 5.51. The Morgan fingerprint density at radius 1 is 0.733 bits per heavy atom. The van der Waals surface area contributed by atoms with Gasteiger partial charge in [-0.05, 0) is 92.6 Å². The molecule has 2 fully saturated rings. The van der Waals surface area contributed by atoms with Crippen LogP contribution in [0.2, 0.25) is 0 Å². The second-order valence-corrected chi connectivity index (χ2v) is 9.95. The normalized spacial score (nSPS) is 26.9. The Kier molecular flexibility index (Phi) is 10.2. The molecule has 0 amide bonds. The van der Waals surface area contributed by atoms with Gasteiger partial charge in [0.05, 0.1) is 13.2 Å². The topological polar surface area (TPSA) is 9.23 Å². The molecule has 0 aliphatic heterocycles. The minimum Gasteiger partial charge on any atom is -0.373 e. The van der Waals surface area contributed by atoms with Gasteiger partial charge in [0.1, 0.15) is 0 Å². The van der Waals surface area contributed by atoms with E-state index >= 15 is 0 Å². The third kappa shape index (κ3) is 7.73. The third-order valence-electron chi connectivity index (χ3n) is 7.80. The van der Waals surface area contributed by atoms with E-state index < -0.39 is 0 Å². The van der Waals surface area contributed by atoms with Gasteiger partial charge in [0, 0.05) is 0 Å². The van der Waals surface area contributed by atoms with Crippen LogP contribution in [-0.2, 0) is 17.8 Å². The lowest BCUT2D eigenvalue weighted by Gasteiger charge is -2.37. The van der Waals surface area contributed by atoms with Crippen molar-refractivity contribution in [3.8, 4) is 0 Å². The zero-order valence-electron chi connectivity index (χ0n) is 19.2. The van der Waals surface area contributed by atoms with E-state index in [-0.39, 0.29) is 0 Å². The van der Waals surface area contributed by atoms with Crippen LogP contribution in [-0.4, -0.2) is 6.61 Å². The Balaban J connectivity index is 1.25. The number of aryl methyl sites for hydroxylation is 1. The summed E-state index contributed by atoms with van der Waals surface area (Å²) in [5.74, 6) is 4.02. The SMILES string of the molecule is C=CCOCc1ccc(CCCCC2CCC([C@H]3CC[C@H](CC=C)CC3)CC2)cc1. The molecule has 1 aromatic carbocycles. The molecule has 166 valence electrons. The second kappa shape index (κ2) is 13.2. The fourth-order valence-electron chi connectivity index (χ4n) is 5.90. The molecule has 2 aliphatic carbocycles. The molecular weight excluding hydrogens is 364 g/mol. The molecule has 3 rings (SSSR count). The molecular formula is C29H44O. The van der Waals surface area contributed by atoms with Crippen LogP contribution in [0.3, 0.4) is 0 Å². The van der Waals surface area contributed by atoms with Gasteiger partial charge in [-0.25, -0.2) is 0 Å². The lowest BCUT2D eigenvalue weighted by Crippen LogP contribution is -2.25. The summed E-state index contributed by atoms with van der Waals surface area (Å²) >= 11 is 0. The standard InChI is InChI=1S/C29H44O/c1-3-7-24-14-18-28(19-15-24)29-20-16-26(17-21-29)9-6-5-8-25-10-12-27(13-11-25)23-30-22-4-2/h3-4,10-13,24,26,28-29H,1-2,5-9,14-23H2/t24-,26?,28-,29?. The Morgan fingerprint density at radius 3 is 1.93 bits per heavy atom. The van der Waals surface area contributed by atoms with Crippen molar-refractivity contribution in [2.75, 3.05) is 6.61 Å². The van der Waals surface area contributed by atoms with Gasteiger partial charge in [0.2, 0.25) is 0 Å². The van der Waals surface area contributed by atoms with Crippen LogP contribution in [0, 0.1) is 23.7 Å². The number of rotatable bonds is 12. The highest BCUT2D eigenvalue weighted by Gasteiger charge is 2.30. The fourth-order valence-corrected chi connectivity index (χ4v) is 5.90. The summed E-state index contributed by atoms with van der Waals surface area (Å²) in [7, 11) is 0. The molecule has 1 nitrogen and oxygen atoms in total. The van der Waals surface area contributed by atoms with Gasteiger partial charge in [0.25, 0.3) is 0 Å². The fraction of sp³-hybridized carbons (Fsp3) is 0.655. The predicted molar refractivity (Wildman–Crippen MR) is 130 cm³/mol. The molecule has 2 aliphatic rings. The molecule has 30 heavy (non-hydrogen) atoms. The van der Waals surface area contributed by atoms with E-state index in [0.29, 0.717) is 13.2 Å². The highest BCUT2D eigenvalue weighted by molar-refractivity contribution is 5.22. The molecule has 0 saturated heterocycles. The number of unbranched alkanes of at least 4 members (excludes halogenated alkanes) is 1. The summed E-state index contributed by atoms with van der Waals surface area (Å²) < 4.78 is 5.51. The summed E-state index contributed by atoms with van der Waals surface area (Å²) in [5, 5.41) is 0. The van der Waals surface area contributed by atoms with Crippen LogP contribution >= 0.6 is 0 Å². The predicted octanol–water partition coefficient (Wildman–Crippen LogP) is 8.29. The van der Waals surface area contributed by atoms with Crippen molar-refractivity contribution in [2.45, 2.75) is 90.1 Å². The average Bonchev–Trinajstić information content (AvgIpc) is 2.79. The number of hydrogen-bond acceptors (Lipinski definition) is 1. The maximum atomic E-state index is 5.51. The Labute approximate surface area is 186 Å². The zero-order valence-corrected chi connectivity index (χ0v) is 19.2. The van der Waals surface area contributed by atoms with Crippen LogP contribution < -0.4 is 0 Å². The van der Waals surface area contributed by atoms with Crippen LogP contribution in [0.4, 0.5) is 0 Å². The van der Waals surface area contributed by atoms with Gasteiger partial charge in [0.15, 0.2) is 0 Å². The Bertz CT molecular complexity index is 600. The van der Waals surface area contributed by atoms with Crippen molar-refractivity contribution >= 4 is 0 Å². The van der Waals surface area contributed by atoms with Crippen molar-refractivity contribution in [2.24, 2.45) is 23.7 Å². The first-order valence-electron chi connectivity index (χ1n) is 12.7. The van der Waals surface area contributed by atoms with Crippen molar-refractivity contribution in [1.29, 1.82) is 0 Å². The van der Waals surface area contributed by atoms with Gasteiger partial charge in [-0.3, -0.25) is 0 Å². The molecule has 0 radical (unpaired) electrons. The first-order chi connectivity index (χ1) is 14.8. The van der Waals surface area contributed by atoms with Crippen LogP contribution in [0.15, 0.2) is 49.6 Å². The molecule has 0 heterocycles. The van der Waals surface area contributed by atoms with Crippen molar-refractivity contribution in [3.63, 3.8) is 0 Å². The minimum atomic E-state index is 0.626. The molecule has 0 N–H and O–H groups in total. The average molecular weight is 409 g/mol. The van der Waals surface area contributed by atoms with E-state index in [1.807, 2.05) is 0 Å². The summed E-state index contributed by atoms with van der Waals surface area (Å²) in [6.07, 6.45) is 22.5. The largest absolute Gasteiger partial charge is 0.373 e. The lowest BCUT2D eigenvalue weighted by atomic mass is 9.68. The molecule has 0 atom stereocenters. The molecule has 0 spiro atoms. The van der Waals surface area contributed by atoms with Crippen molar-refractivity contribution in [1.82, 2.24) is 0 Å². The number of allylic oxidation sites excluding steroid dienone is 1. The van der Waals surface area contributed by atoms with Gasteiger partial charge in [-0.1, -0.05) is 62.1 Å². The van der Waals surface area contributed by atoms with E-state index in [9.17, 15) is 0 Å². The monoisotopic (exact) mass is 408 g/mol. The summed E-state index contributed by atoms with van der Waals surface area (Å²) in [5.41, 5.74) is 2.73. The smallest absolute Gasteiger partial charge is 0.0721 e. The first-order valence-corrected chi connectivity index (χ1v) is 12.7.